The maximum atomic E-state index is 6.49. The van der Waals surface area contributed by atoms with Crippen molar-refractivity contribution in [3.05, 3.63) is 107 Å². The lowest BCUT2D eigenvalue weighted by Crippen LogP contribution is -2.15. The predicted molar refractivity (Wildman–Crippen MR) is 139 cm³/mol. The highest BCUT2D eigenvalue weighted by atomic mass is 32.1. The zero-order chi connectivity index (χ0) is 22.6. The lowest BCUT2D eigenvalue weighted by molar-refractivity contribution is 0.891. The Morgan fingerprint density at radius 3 is 2.21 bits per heavy atom. The van der Waals surface area contributed by atoms with Gasteiger partial charge in [-0.3, -0.25) is 0 Å². The van der Waals surface area contributed by atoms with Gasteiger partial charge in [0.25, 0.3) is 0 Å². The topological polar surface area (TPSA) is 68.6 Å². The number of anilines is 1. The van der Waals surface area contributed by atoms with Gasteiger partial charge in [-0.2, -0.15) is 0 Å². The SMILES string of the molecule is Cn1c(N)c(-c2nc(-c3ccccc3)cs2)sc1=NC(=Nc1ccccc1)c1ccccc1. The van der Waals surface area contributed by atoms with Crippen LogP contribution in [0.2, 0.25) is 0 Å². The molecule has 162 valence electrons. The monoisotopic (exact) mass is 467 g/mol. The molecule has 5 aromatic rings. The van der Waals surface area contributed by atoms with Crippen LogP contribution in [0, 0.1) is 0 Å². The number of thiazole rings is 2. The zero-order valence-corrected chi connectivity index (χ0v) is 19.6. The Morgan fingerprint density at radius 1 is 0.879 bits per heavy atom. The van der Waals surface area contributed by atoms with Crippen molar-refractivity contribution >= 4 is 40.0 Å². The van der Waals surface area contributed by atoms with Crippen molar-refractivity contribution in [2.75, 3.05) is 5.73 Å². The summed E-state index contributed by atoms with van der Waals surface area (Å²) in [5.41, 5.74) is 10.3. The molecule has 0 bridgehead atoms. The summed E-state index contributed by atoms with van der Waals surface area (Å²) in [6, 6.07) is 30.0. The molecular weight excluding hydrogens is 446 g/mol. The van der Waals surface area contributed by atoms with Crippen molar-refractivity contribution in [2.24, 2.45) is 17.0 Å². The van der Waals surface area contributed by atoms with Crippen LogP contribution in [0.25, 0.3) is 21.1 Å². The van der Waals surface area contributed by atoms with Gasteiger partial charge in [-0.15, -0.1) is 11.3 Å². The highest BCUT2D eigenvalue weighted by Crippen LogP contribution is 2.34. The molecular formula is C26H21N5S2. The molecule has 0 fully saturated rings. The average Bonchev–Trinajstić information content (AvgIpc) is 3.46. The number of hydrogen-bond acceptors (Lipinski definition) is 5. The van der Waals surface area contributed by atoms with E-state index in [1.165, 1.54) is 11.3 Å². The number of nitrogens with zero attached hydrogens (tertiary/aromatic N) is 4. The Labute approximate surface area is 199 Å². The molecule has 0 aliphatic carbocycles. The number of amidine groups is 1. The van der Waals surface area contributed by atoms with Gasteiger partial charge in [0, 0.05) is 23.6 Å². The standard InChI is InChI=1S/C26H21N5S2/c1-31-23(27)22(25-29-21(17-32-25)18-11-5-2-6-12-18)33-26(31)30-24(19-13-7-3-8-14-19)28-20-15-9-4-10-16-20/h2-17H,27H2,1H3. The molecule has 0 radical (unpaired) electrons. The lowest BCUT2D eigenvalue weighted by Gasteiger charge is -2.02. The Morgan fingerprint density at radius 2 is 1.52 bits per heavy atom. The van der Waals surface area contributed by atoms with E-state index in [2.05, 4.69) is 17.5 Å². The Balaban J connectivity index is 1.59. The molecule has 2 heterocycles. The molecule has 3 aromatic carbocycles. The summed E-state index contributed by atoms with van der Waals surface area (Å²) in [5.74, 6) is 1.27. The van der Waals surface area contributed by atoms with Crippen molar-refractivity contribution in [3.8, 4) is 21.1 Å². The summed E-state index contributed by atoms with van der Waals surface area (Å²) in [6.45, 7) is 0. The highest BCUT2D eigenvalue weighted by molar-refractivity contribution is 7.20. The fourth-order valence-electron chi connectivity index (χ4n) is 3.29. The van der Waals surface area contributed by atoms with Crippen LogP contribution >= 0.6 is 22.7 Å². The fourth-order valence-corrected chi connectivity index (χ4v) is 5.26. The number of aromatic nitrogens is 2. The van der Waals surface area contributed by atoms with Gasteiger partial charge in [-0.1, -0.05) is 90.2 Å². The predicted octanol–water partition coefficient (Wildman–Crippen LogP) is 6.14. The van der Waals surface area contributed by atoms with Crippen LogP contribution < -0.4 is 10.5 Å². The minimum absolute atomic E-state index is 0.634. The fraction of sp³-hybridized carbons (Fsp3) is 0.0385. The molecule has 0 aliphatic rings. The molecule has 0 amide bonds. The smallest absolute Gasteiger partial charge is 0.193 e. The first-order chi connectivity index (χ1) is 16.2. The van der Waals surface area contributed by atoms with E-state index < -0.39 is 0 Å². The second kappa shape index (κ2) is 9.36. The van der Waals surface area contributed by atoms with Crippen LogP contribution in [0.3, 0.4) is 0 Å². The molecule has 5 nitrogen and oxygen atoms in total. The summed E-state index contributed by atoms with van der Waals surface area (Å²) in [6.07, 6.45) is 0. The normalized spacial score (nSPS) is 12.3. The third kappa shape index (κ3) is 4.55. The maximum absolute atomic E-state index is 6.49. The zero-order valence-electron chi connectivity index (χ0n) is 17.9. The second-order valence-corrected chi connectivity index (χ2v) is 9.15. The number of nitrogens with two attached hydrogens (primary N) is 1. The second-order valence-electron chi connectivity index (χ2n) is 7.31. The van der Waals surface area contributed by atoms with Crippen molar-refractivity contribution in [2.45, 2.75) is 0 Å². The van der Waals surface area contributed by atoms with E-state index >= 15 is 0 Å². The van der Waals surface area contributed by atoms with Crippen LogP contribution in [0.5, 0.6) is 0 Å². The van der Waals surface area contributed by atoms with E-state index in [1.54, 1.807) is 11.3 Å². The van der Waals surface area contributed by atoms with Crippen molar-refractivity contribution in [1.82, 2.24) is 9.55 Å². The molecule has 0 aliphatic heterocycles. The lowest BCUT2D eigenvalue weighted by atomic mass is 10.2. The summed E-state index contributed by atoms with van der Waals surface area (Å²) in [5, 5.41) is 2.95. The molecule has 0 spiro atoms. The van der Waals surface area contributed by atoms with Gasteiger partial charge in [-0.05, 0) is 12.1 Å². The largest absolute Gasteiger partial charge is 0.384 e. The summed E-state index contributed by atoms with van der Waals surface area (Å²) in [4.78, 5) is 16.2. The Hall–Kier alpha value is -3.81. The van der Waals surface area contributed by atoms with E-state index in [1.807, 2.05) is 90.5 Å². The molecule has 7 heteroatoms. The summed E-state index contributed by atoms with van der Waals surface area (Å²) >= 11 is 3.11. The minimum Gasteiger partial charge on any atom is -0.384 e. The molecule has 0 saturated carbocycles. The number of aliphatic imine (C=N–C) groups is 1. The molecule has 5 rings (SSSR count). The van der Waals surface area contributed by atoms with Crippen molar-refractivity contribution < 1.29 is 0 Å². The Kier molecular flexibility index (Phi) is 5.97. The van der Waals surface area contributed by atoms with Gasteiger partial charge >= 0.3 is 0 Å². The first-order valence-corrected chi connectivity index (χ1v) is 12.1. The van der Waals surface area contributed by atoms with Crippen molar-refractivity contribution in [1.29, 1.82) is 0 Å². The Bertz CT molecular complexity index is 1460. The number of nitrogen functional groups attached to an aromatic ring is 1. The molecule has 0 saturated heterocycles. The number of rotatable bonds is 4. The van der Waals surface area contributed by atoms with E-state index in [-0.39, 0.29) is 0 Å². The summed E-state index contributed by atoms with van der Waals surface area (Å²) in [7, 11) is 1.92. The van der Waals surface area contributed by atoms with Crippen LogP contribution in [0.4, 0.5) is 11.5 Å². The van der Waals surface area contributed by atoms with Gasteiger partial charge in [-0.25, -0.2) is 15.0 Å². The first kappa shape index (κ1) is 21.1. The van der Waals surface area contributed by atoms with Crippen LogP contribution in [0.1, 0.15) is 5.56 Å². The first-order valence-electron chi connectivity index (χ1n) is 10.4. The highest BCUT2D eigenvalue weighted by Gasteiger charge is 2.15. The molecule has 0 unspecified atom stereocenters. The van der Waals surface area contributed by atoms with Crippen LogP contribution in [0.15, 0.2) is 106 Å². The van der Waals surface area contributed by atoms with Gasteiger partial charge in [0.1, 0.15) is 15.7 Å². The third-order valence-corrected chi connectivity index (χ3v) is 7.21. The van der Waals surface area contributed by atoms with Gasteiger partial charge in [0.2, 0.25) is 0 Å². The van der Waals surface area contributed by atoms with E-state index in [4.69, 9.17) is 20.7 Å². The van der Waals surface area contributed by atoms with Crippen LogP contribution in [-0.4, -0.2) is 15.4 Å². The average molecular weight is 468 g/mol. The number of benzene rings is 3. The van der Waals surface area contributed by atoms with Gasteiger partial charge in [0.05, 0.1) is 11.4 Å². The van der Waals surface area contributed by atoms with E-state index in [0.29, 0.717) is 11.7 Å². The maximum Gasteiger partial charge on any atom is 0.193 e. The van der Waals surface area contributed by atoms with Crippen molar-refractivity contribution in [3.63, 3.8) is 0 Å². The third-order valence-electron chi connectivity index (χ3n) is 5.07. The minimum atomic E-state index is 0.634. The quantitative estimate of drug-likeness (QED) is 0.255. The number of hydrogen-bond donors (Lipinski definition) is 1. The van der Waals surface area contributed by atoms with Gasteiger partial charge < -0.3 is 10.3 Å². The molecule has 2 N–H and O–H groups in total. The molecule has 2 aromatic heterocycles. The number of para-hydroxylation sites is 1. The molecule has 0 atom stereocenters. The van der Waals surface area contributed by atoms with Gasteiger partial charge in [0.15, 0.2) is 10.6 Å². The van der Waals surface area contributed by atoms with E-state index in [9.17, 15) is 0 Å². The van der Waals surface area contributed by atoms with Crippen LogP contribution in [-0.2, 0) is 7.05 Å². The molecule has 33 heavy (non-hydrogen) atoms. The summed E-state index contributed by atoms with van der Waals surface area (Å²) < 4.78 is 1.90. The van der Waals surface area contributed by atoms with E-state index in [0.717, 1.165) is 37.2 Å².